The Kier molecular flexibility index (Phi) is 11.8. The highest BCUT2D eigenvalue weighted by molar-refractivity contribution is 5.95. The Morgan fingerprint density at radius 3 is 2.31 bits per heavy atom. The van der Waals surface area contributed by atoms with Gasteiger partial charge >= 0.3 is 6.18 Å². The number of H-pyrrole nitrogens is 1. The van der Waals surface area contributed by atoms with E-state index >= 15 is 0 Å². The molecule has 0 spiro atoms. The van der Waals surface area contributed by atoms with Crippen LogP contribution in [0.4, 0.5) is 17.6 Å². The molecule has 0 fully saturated rings. The Bertz CT molecular complexity index is 1690. The van der Waals surface area contributed by atoms with Crippen LogP contribution in [0.1, 0.15) is 69.3 Å². The normalized spacial score (nSPS) is 18.5. The van der Waals surface area contributed by atoms with Gasteiger partial charge in [-0.1, -0.05) is 77.4 Å². The molecular formula is C36H45F4N5O4. The smallest absolute Gasteiger partial charge is 0.373 e. The number of fused-ring (bicyclic) bond motifs is 3. The van der Waals surface area contributed by atoms with Crippen LogP contribution in [0.2, 0.25) is 0 Å². The summed E-state index contributed by atoms with van der Waals surface area (Å²) in [6.07, 6.45) is -3.35. The van der Waals surface area contributed by atoms with Crippen LogP contribution in [0.5, 0.6) is 0 Å². The first-order valence-corrected chi connectivity index (χ1v) is 16.5. The highest BCUT2D eigenvalue weighted by atomic mass is 19.4. The number of hydrogen-bond acceptors (Lipinski definition) is 5. The summed E-state index contributed by atoms with van der Waals surface area (Å²) >= 11 is 0. The van der Waals surface area contributed by atoms with Crippen molar-refractivity contribution in [2.24, 2.45) is 11.8 Å². The number of hydrogen-bond donors (Lipinski definition) is 5. The van der Waals surface area contributed by atoms with Gasteiger partial charge in [-0.3, -0.25) is 19.2 Å². The number of para-hydroxylation sites is 1. The number of aromatic nitrogens is 1. The minimum Gasteiger partial charge on any atom is -0.373 e. The van der Waals surface area contributed by atoms with Gasteiger partial charge in [0.25, 0.3) is 5.91 Å². The lowest BCUT2D eigenvalue weighted by Crippen LogP contribution is -2.64. The van der Waals surface area contributed by atoms with Crippen molar-refractivity contribution in [1.82, 2.24) is 26.4 Å². The van der Waals surface area contributed by atoms with Crippen LogP contribution in [0, 0.1) is 17.7 Å². The van der Waals surface area contributed by atoms with E-state index in [9.17, 15) is 31.9 Å². The van der Waals surface area contributed by atoms with Gasteiger partial charge in [-0.25, -0.2) is 9.87 Å². The third kappa shape index (κ3) is 8.26. The second kappa shape index (κ2) is 15.4. The third-order valence-electron chi connectivity index (χ3n) is 9.65. The number of rotatable bonds is 14. The number of hydroxylamine groups is 1. The van der Waals surface area contributed by atoms with Crippen LogP contribution < -0.4 is 21.4 Å². The number of benzene rings is 2. The summed E-state index contributed by atoms with van der Waals surface area (Å²) in [5.41, 5.74) is 1.57. The van der Waals surface area contributed by atoms with Crippen LogP contribution in [-0.2, 0) is 44.7 Å². The van der Waals surface area contributed by atoms with Crippen molar-refractivity contribution < 1.29 is 36.8 Å². The molecule has 2 aromatic carbocycles. The molecule has 3 amide bonds. The topological polar surface area (TPSA) is 124 Å². The van der Waals surface area contributed by atoms with Crippen molar-refractivity contribution >= 4 is 28.6 Å². The summed E-state index contributed by atoms with van der Waals surface area (Å²) in [6.45, 7) is 11.7. The van der Waals surface area contributed by atoms with E-state index in [-0.39, 0.29) is 48.6 Å². The second-order valence-electron chi connectivity index (χ2n) is 12.9. The highest BCUT2D eigenvalue weighted by Gasteiger charge is 2.46. The summed E-state index contributed by atoms with van der Waals surface area (Å²) in [5, 5.41) is 9.47. The molecule has 13 heteroatoms. The fourth-order valence-electron chi connectivity index (χ4n) is 6.44. The maximum absolute atomic E-state index is 14.5. The SMILES string of the molecule is C=C(N[C@]1(C(=O)N[C@H](C(=O)NOC)C(C)CC)CCc2[nH]c3c(C(F)(F)F)cccc3c2C1)[C@@H](NC(=O)Cc1ccccc1F)C(C)CC. The molecule has 1 aliphatic rings. The largest absolute Gasteiger partial charge is 0.418 e. The zero-order chi connectivity index (χ0) is 36.1. The lowest BCUT2D eigenvalue weighted by Gasteiger charge is -2.41. The molecule has 0 aliphatic heterocycles. The monoisotopic (exact) mass is 687 g/mol. The van der Waals surface area contributed by atoms with Crippen molar-refractivity contribution in [3.8, 4) is 0 Å². The zero-order valence-corrected chi connectivity index (χ0v) is 28.4. The van der Waals surface area contributed by atoms with Gasteiger partial charge in [0.1, 0.15) is 17.4 Å². The Hall–Kier alpha value is -4.39. The number of halogens is 4. The van der Waals surface area contributed by atoms with E-state index in [0.29, 0.717) is 35.2 Å². The van der Waals surface area contributed by atoms with Crippen LogP contribution in [0.25, 0.3) is 10.9 Å². The predicted octanol–water partition coefficient (Wildman–Crippen LogP) is 5.64. The summed E-state index contributed by atoms with van der Waals surface area (Å²) in [4.78, 5) is 48.5. The summed E-state index contributed by atoms with van der Waals surface area (Å²) in [6, 6.07) is 8.22. The van der Waals surface area contributed by atoms with Crippen LogP contribution >= 0.6 is 0 Å². The number of alkyl halides is 3. The molecule has 2 unspecified atom stereocenters. The lowest BCUT2D eigenvalue weighted by atomic mass is 9.77. The quantitative estimate of drug-likeness (QED) is 0.111. The standard InChI is InChI=1S/C36H45F4N5O4/c1-7-20(3)30(42-29(46)18-23-12-9-10-15-27(23)37)22(5)44-35(34(48)43-31(21(4)8-2)33(47)45-49-6)17-16-28-25(19-35)24-13-11-14-26(32(24)41-28)36(38,39)40/h9-15,20-21,30-31,41,44H,5,7-8,16-19H2,1-4,6H3,(H,42,46)(H,43,48)(H,45,47)/t20?,21?,30-,31-,35+/m0/s1. The van der Waals surface area contributed by atoms with Crippen molar-refractivity contribution in [2.45, 2.75) is 90.0 Å². The molecule has 5 atom stereocenters. The fraction of sp³-hybridized carbons (Fsp3) is 0.472. The average molecular weight is 688 g/mol. The first kappa shape index (κ1) is 37.4. The Labute approximate surface area is 283 Å². The molecule has 266 valence electrons. The molecule has 3 aromatic rings. The minimum atomic E-state index is -4.60. The van der Waals surface area contributed by atoms with Crippen molar-refractivity contribution in [2.75, 3.05) is 7.11 Å². The van der Waals surface area contributed by atoms with Gasteiger partial charge in [0.2, 0.25) is 11.8 Å². The van der Waals surface area contributed by atoms with Crippen molar-refractivity contribution in [3.05, 3.63) is 82.9 Å². The third-order valence-corrected chi connectivity index (χ3v) is 9.65. The Balaban J connectivity index is 1.74. The van der Waals surface area contributed by atoms with Crippen LogP contribution in [0.3, 0.4) is 0 Å². The van der Waals surface area contributed by atoms with E-state index in [1.165, 1.54) is 31.4 Å². The van der Waals surface area contributed by atoms with Crippen molar-refractivity contribution in [1.29, 1.82) is 0 Å². The highest BCUT2D eigenvalue weighted by Crippen LogP contribution is 2.40. The van der Waals surface area contributed by atoms with E-state index < -0.39 is 52.9 Å². The van der Waals surface area contributed by atoms with E-state index in [1.807, 2.05) is 20.8 Å². The van der Waals surface area contributed by atoms with Gasteiger partial charge in [0.15, 0.2) is 0 Å². The Morgan fingerprint density at radius 1 is 1.00 bits per heavy atom. The van der Waals surface area contributed by atoms with Gasteiger partial charge in [-0.15, -0.1) is 0 Å². The fourth-order valence-corrected chi connectivity index (χ4v) is 6.44. The molecule has 4 rings (SSSR count). The lowest BCUT2D eigenvalue weighted by molar-refractivity contribution is -0.139. The number of carbonyl (C=O) groups excluding carboxylic acids is 3. The van der Waals surface area contributed by atoms with E-state index in [2.05, 4.69) is 33.0 Å². The summed E-state index contributed by atoms with van der Waals surface area (Å²) < 4.78 is 56.3. The molecule has 49 heavy (non-hydrogen) atoms. The van der Waals surface area contributed by atoms with Crippen molar-refractivity contribution in [3.63, 3.8) is 0 Å². The van der Waals surface area contributed by atoms with Crippen LogP contribution in [0.15, 0.2) is 54.7 Å². The maximum atomic E-state index is 14.5. The number of aryl methyl sites for hydroxylation is 1. The molecule has 0 saturated carbocycles. The molecular weight excluding hydrogens is 642 g/mol. The second-order valence-corrected chi connectivity index (χ2v) is 12.9. The molecule has 1 aromatic heterocycles. The first-order valence-electron chi connectivity index (χ1n) is 16.5. The molecule has 1 aliphatic carbocycles. The molecule has 1 heterocycles. The average Bonchev–Trinajstić information content (AvgIpc) is 3.43. The first-order chi connectivity index (χ1) is 23.1. The van der Waals surface area contributed by atoms with Gasteiger partial charge in [-0.05, 0) is 47.9 Å². The van der Waals surface area contributed by atoms with Crippen LogP contribution in [-0.4, -0.2) is 47.4 Å². The number of nitrogens with one attached hydrogen (secondary N) is 5. The van der Waals surface area contributed by atoms with Gasteiger partial charge in [0, 0.05) is 23.2 Å². The maximum Gasteiger partial charge on any atom is 0.418 e. The molecule has 9 nitrogen and oxygen atoms in total. The van der Waals surface area contributed by atoms with E-state index in [1.54, 1.807) is 19.1 Å². The number of amides is 3. The predicted molar refractivity (Wildman–Crippen MR) is 178 cm³/mol. The van der Waals surface area contributed by atoms with E-state index in [0.717, 1.165) is 6.07 Å². The number of carbonyl (C=O) groups is 3. The summed E-state index contributed by atoms with van der Waals surface area (Å²) in [7, 11) is 1.28. The van der Waals surface area contributed by atoms with E-state index in [4.69, 9.17) is 4.84 Å². The van der Waals surface area contributed by atoms with Gasteiger partial charge in [0.05, 0.1) is 30.7 Å². The number of aromatic amines is 1. The molecule has 0 bridgehead atoms. The molecule has 5 N–H and O–H groups in total. The van der Waals surface area contributed by atoms with Gasteiger partial charge < -0.3 is 20.9 Å². The molecule has 0 radical (unpaired) electrons. The zero-order valence-electron chi connectivity index (χ0n) is 28.4. The minimum absolute atomic E-state index is 0.0377. The molecule has 0 saturated heterocycles. The summed E-state index contributed by atoms with van der Waals surface area (Å²) in [5.74, 6) is -2.55. The van der Waals surface area contributed by atoms with Gasteiger partial charge in [-0.2, -0.15) is 13.2 Å². The Morgan fingerprint density at radius 2 is 1.67 bits per heavy atom.